The number of benzene rings is 2. The molecule has 0 spiro atoms. The number of aromatic amines is 2. The third-order valence-electron chi connectivity index (χ3n) is 5.65. The molecule has 1 atom stereocenters. The maximum Gasteiger partial charge on any atom is 0.372 e. The van der Waals surface area contributed by atoms with Gasteiger partial charge in [-0.2, -0.15) is 0 Å². The molecule has 4 aromatic rings. The lowest BCUT2D eigenvalue weighted by Gasteiger charge is -2.22. The van der Waals surface area contributed by atoms with E-state index in [4.69, 9.17) is 15.4 Å². The minimum absolute atomic E-state index is 0.0701. The van der Waals surface area contributed by atoms with Gasteiger partial charge in [0.2, 0.25) is 5.78 Å². The highest BCUT2D eigenvalue weighted by molar-refractivity contribution is 6.36. The van der Waals surface area contributed by atoms with E-state index in [0.29, 0.717) is 5.56 Å². The molecular formula is C25H23N3O9. The summed E-state index contributed by atoms with van der Waals surface area (Å²) in [6, 6.07) is 14.6. The summed E-state index contributed by atoms with van der Waals surface area (Å²) in [5.41, 5.74) is -0.318. The lowest BCUT2D eigenvalue weighted by molar-refractivity contribution is -0.157. The number of rotatable bonds is 9. The Hall–Kier alpha value is -4.97. The van der Waals surface area contributed by atoms with Crippen molar-refractivity contribution in [2.45, 2.75) is 24.9 Å². The van der Waals surface area contributed by atoms with Gasteiger partial charge in [-0.1, -0.05) is 41.6 Å². The number of para-hydroxylation sites is 2. The van der Waals surface area contributed by atoms with E-state index >= 15 is 0 Å². The third-order valence-corrected chi connectivity index (χ3v) is 5.65. The van der Waals surface area contributed by atoms with Crippen LogP contribution in [0.25, 0.3) is 21.8 Å². The summed E-state index contributed by atoms with van der Waals surface area (Å²) in [5, 5.41) is 49.6. The number of oxime groups is 1. The zero-order chi connectivity index (χ0) is 27.2. The van der Waals surface area contributed by atoms with Crippen LogP contribution in [-0.2, 0) is 32.0 Å². The van der Waals surface area contributed by atoms with Gasteiger partial charge in [0.1, 0.15) is 0 Å². The molecule has 2 aromatic carbocycles. The van der Waals surface area contributed by atoms with Crippen molar-refractivity contribution < 1.29 is 44.8 Å². The van der Waals surface area contributed by atoms with Crippen LogP contribution in [0.2, 0.25) is 0 Å². The first-order valence-corrected chi connectivity index (χ1v) is 10.8. The number of carbonyl (C=O) groups excluding carboxylic acids is 1. The minimum Gasteiger partial charge on any atom is -0.479 e. The number of carboxylic acids is 3. The number of carbonyl (C=O) groups is 4. The highest BCUT2D eigenvalue weighted by atomic mass is 16.4. The highest BCUT2D eigenvalue weighted by Gasteiger charge is 2.40. The Morgan fingerprint density at radius 3 is 1.78 bits per heavy atom. The number of nitrogens with one attached hydrogen (secondary N) is 2. The molecule has 0 fully saturated rings. The zero-order valence-corrected chi connectivity index (χ0v) is 19.2. The Morgan fingerprint density at radius 2 is 1.30 bits per heavy atom. The van der Waals surface area contributed by atoms with Crippen LogP contribution >= 0.6 is 0 Å². The van der Waals surface area contributed by atoms with Crippen molar-refractivity contribution in [2.75, 3.05) is 0 Å². The molecule has 1 unspecified atom stereocenters. The molecule has 12 nitrogen and oxygen atoms in total. The lowest BCUT2D eigenvalue weighted by Crippen LogP contribution is -2.44. The maximum absolute atomic E-state index is 11.4. The molecule has 0 amide bonds. The van der Waals surface area contributed by atoms with Gasteiger partial charge in [0.15, 0.2) is 11.3 Å². The zero-order valence-electron chi connectivity index (χ0n) is 19.2. The van der Waals surface area contributed by atoms with Gasteiger partial charge < -0.3 is 35.6 Å². The van der Waals surface area contributed by atoms with Crippen LogP contribution in [-0.4, -0.2) is 70.6 Å². The van der Waals surface area contributed by atoms with Gasteiger partial charge in [-0.25, -0.2) is 14.4 Å². The fourth-order valence-electron chi connectivity index (χ4n) is 3.76. The molecule has 0 bridgehead atoms. The fraction of sp³-hybridized carbons (Fsp3) is 0.160. The number of hydrogen-bond acceptors (Lipinski definition) is 7. The number of aliphatic carboxylic acids is 3. The van der Waals surface area contributed by atoms with Gasteiger partial charge in [-0.3, -0.25) is 4.79 Å². The van der Waals surface area contributed by atoms with Crippen LogP contribution in [0.3, 0.4) is 0 Å². The number of nitrogens with zero attached hydrogens (tertiary/aromatic N) is 1. The Kier molecular flexibility index (Phi) is 8.05. The maximum atomic E-state index is 11.4. The Balaban J connectivity index is 0.000000220. The van der Waals surface area contributed by atoms with Gasteiger partial charge >= 0.3 is 17.9 Å². The van der Waals surface area contributed by atoms with Crippen molar-refractivity contribution in [3.8, 4) is 0 Å². The van der Waals surface area contributed by atoms with E-state index in [9.17, 15) is 29.4 Å². The number of carboxylic acid groups (broad SMARTS) is 3. The van der Waals surface area contributed by atoms with Crippen LogP contribution in [0, 0.1) is 0 Å². The van der Waals surface area contributed by atoms with Crippen molar-refractivity contribution in [2.24, 2.45) is 5.16 Å². The van der Waals surface area contributed by atoms with Gasteiger partial charge in [-0.15, -0.1) is 0 Å². The average molecular weight is 509 g/mol. The molecular weight excluding hydrogens is 486 g/mol. The molecule has 0 saturated carbocycles. The molecule has 37 heavy (non-hydrogen) atoms. The van der Waals surface area contributed by atoms with Crippen molar-refractivity contribution in [1.82, 2.24) is 9.97 Å². The number of H-pyrrole nitrogens is 2. The Morgan fingerprint density at radius 1 is 0.784 bits per heavy atom. The number of hydrogen-bond donors (Lipinski definition) is 7. The average Bonchev–Trinajstić information content (AvgIpc) is 3.47. The largest absolute Gasteiger partial charge is 0.479 e. The first-order valence-electron chi connectivity index (χ1n) is 10.8. The molecule has 4 rings (SSSR count). The molecule has 2 aromatic heterocycles. The van der Waals surface area contributed by atoms with Crippen LogP contribution in [0.5, 0.6) is 0 Å². The summed E-state index contributed by atoms with van der Waals surface area (Å²) in [4.78, 5) is 49.6. The third kappa shape index (κ3) is 6.18. The van der Waals surface area contributed by atoms with E-state index in [0.717, 1.165) is 27.4 Å². The number of ketones is 1. The summed E-state index contributed by atoms with van der Waals surface area (Å²) in [7, 11) is 0. The van der Waals surface area contributed by atoms with Crippen molar-refractivity contribution in [3.63, 3.8) is 0 Å². The fourth-order valence-corrected chi connectivity index (χ4v) is 3.76. The number of Topliss-reactive ketones (excluding diaryl/α,β-unsaturated/α-hetero) is 1. The van der Waals surface area contributed by atoms with Crippen LogP contribution in [0.15, 0.2) is 66.1 Å². The summed E-state index contributed by atoms with van der Waals surface area (Å²) >= 11 is 0. The van der Waals surface area contributed by atoms with E-state index in [2.05, 4.69) is 15.1 Å². The quantitative estimate of drug-likeness (QED) is 0.0761. The second kappa shape index (κ2) is 11.2. The smallest absolute Gasteiger partial charge is 0.372 e. The molecule has 0 aliphatic heterocycles. The van der Waals surface area contributed by atoms with E-state index in [1.54, 1.807) is 36.7 Å². The number of fused-ring (bicyclic) bond motifs is 2. The molecule has 0 aliphatic carbocycles. The molecule has 0 aliphatic rings. The predicted octanol–water partition coefficient (Wildman–Crippen LogP) is 2.20. The van der Waals surface area contributed by atoms with Crippen molar-refractivity contribution >= 4 is 51.2 Å². The molecule has 0 saturated heterocycles. The van der Waals surface area contributed by atoms with Crippen molar-refractivity contribution in [1.29, 1.82) is 0 Å². The molecule has 2 heterocycles. The second-order valence-corrected chi connectivity index (χ2v) is 8.17. The van der Waals surface area contributed by atoms with Crippen LogP contribution in [0.4, 0.5) is 0 Å². The van der Waals surface area contributed by atoms with E-state index in [1.807, 2.05) is 24.3 Å². The van der Waals surface area contributed by atoms with Gasteiger partial charge in [0, 0.05) is 53.5 Å². The lowest BCUT2D eigenvalue weighted by atomic mass is 9.89. The Labute approximate surface area is 208 Å². The van der Waals surface area contributed by atoms with Crippen LogP contribution in [0.1, 0.15) is 17.5 Å². The topological polar surface area (TPSA) is 213 Å². The van der Waals surface area contributed by atoms with E-state index < -0.39 is 41.4 Å². The summed E-state index contributed by atoms with van der Waals surface area (Å²) < 4.78 is 0. The molecule has 192 valence electrons. The van der Waals surface area contributed by atoms with E-state index in [1.165, 1.54) is 0 Å². The van der Waals surface area contributed by atoms with Gasteiger partial charge in [-0.05, 0) is 23.3 Å². The summed E-state index contributed by atoms with van der Waals surface area (Å²) in [6.07, 6.45) is 1.99. The van der Waals surface area contributed by atoms with E-state index in [-0.39, 0.29) is 12.8 Å². The minimum atomic E-state index is -2.40. The molecule has 0 radical (unpaired) electrons. The van der Waals surface area contributed by atoms with Crippen molar-refractivity contribution in [3.05, 3.63) is 72.1 Å². The molecule has 7 N–H and O–H groups in total. The van der Waals surface area contributed by atoms with Gasteiger partial charge in [0.05, 0.1) is 0 Å². The standard InChI is InChI=1S/C14H14N2O6.C11H9NO3/c17-12(18)11(16-22)6-14(21,13(19)20)5-8-7-15-10-4-2-1-3-9(8)10;13-10(11(14)15)5-7-6-12-9-4-2-1-3-8(7)9/h1-4,7,15,21-22H,5-6H2,(H,17,18)(H,19,20);1-4,6,12H,5H2,(H,14,15). The molecule has 12 heteroatoms. The first-order chi connectivity index (χ1) is 17.6. The SMILES string of the molecule is O=C(O)C(=O)Cc1c[nH]c2ccccc12.O=C(O)C(CC(O)(Cc1c[nH]c2ccccc12)C(=O)O)=NO. The normalized spacial score (nSPS) is 12.9. The highest BCUT2D eigenvalue weighted by Crippen LogP contribution is 2.25. The Bertz CT molecular complexity index is 1500. The van der Waals surface area contributed by atoms with Gasteiger partial charge in [0.25, 0.3) is 0 Å². The number of aromatic nitrogens is 2. The monoisotopic (exact) mass is 509 g/mol. The summed E-state index contributed by atoms with van der Waals surface area (Å²) in [6.45, 7) is 0. The number of aliphatic hydroxyl groups is 1. The first kappa shape index (κ1) is 26.6. The van der Waals surface area contributed by atoms with Crippen LogP contribution < -0.4 is 0 Å². The predicted molar refractivity (Wildman–Crippen MR) is 131 cm³/mol. The summed E-state index contributed by atoms with van der Waals surface area (Å²) in [5.74, 6) is -5.37. The second-order valence-electron chi connectivity index (χ2n) is 8.17.